The van der Waals surface area contributed by atoms with Crippen molar-refractivity contribution in [1.29, 1.82) is 5.26 Å². The molecule has 2 aromatic carbocycles. The van der Waals surface area contributed by atoms with E-state index in [1.165, 1.54) is 18.2 Å². The first-order valence-corrected chi connectivity index (χ1v) is 8.57. The number of phenols is 1. The number of H-pyrrole nitrogens is 1. The van der Waals surface area contributed by atoms with E-state index < -0.39 is 16.4 Å². The average molecular weight is 378 g/mol. The van der Waals surface area contributed by atoms with Crippen molar-refractivity contribution in [3.8, 4) is 17.6 Å². The number of nitrogens with zero attached hydrogens (tertiary/aromatic N) is 3. The van der Waals surface area contributed by atoms with E-state index in [0.29, 0.717) is 11.4 Å². The predicted octanol–water partition coefficient (Wildman–Crippen LogP) is 4.26. The van der Waals surface area contributed by atoms with Gasteiger partial charge < -0.3 is 14.8 Å². The maximum absolute atomic E-state index is 11.2. The van der Waals surface area contributed by atoms with Gasteiger partial charge in [-0.3, -0.25) is 10.1 Å². The SMILES string of the molecule is CCOc1cc(/C=C(\C#N)c2nc3cc(C)c(C)cc3[nH]2)cc([N+](=O)[O-])c1O. The third-order valence-electron chi connectivity index (χ3n) is 4.36. The van der Waals surface area contributed by atoms with Gasteiger partial charge in [-0.1, -0.05) is 0 Å². The van der Waals surface area contributed by atoms with Crippen LogP contribution in [0.25, 0.3) is 22.7 Å². The monoisotopic (exact) mass is 378 g/mol. The number of benzene rings is 2. The molecule has 3 rings (SSSR count). The highest BCUT2D eigenvalue weighted by atomic mass is 16.6. The molecule has 1 heterocycles. The van der Waals surface area contributed by atoms with E-state index in [0.717, 1.165) is 22.2 Å². The first-order valence-electron chi connectivity index (χ1n) is 8.57. The van der Waals surface area contributed by atoms with Gasteiger partial charge in [-0.2, -0.15) is 5.26 Å². The van der Waals surface area contributed by atoms with Crippen molar-refractivity contribution >= 4 is 28.4 Å². The third-order valence-corrected chi connectivity index (χ3v) is 4.36. The quantitative estimate of drug-likeness (QED) is 0.388. The summed E-state index contributed by atoms with van der Waals surface area (Å²) in [7, 11) is 0. The molecule has 8 heteroatoms. The molecule has 3 aromatic rings. The smallest absolute Gasteiger partial charge is 0.315 e. The molecule has 0 fully saturated rings. The van der Waals surface area contributed by atoms with Gasteiger partial charge in [0, 0.05) is 6.07 Å². The second kappa shape index (κ2) is 7.40. The van der Waals surface area contributed by atoms with Gasteiger partial charge in [-0.15, -0.1) is 0 Å². The summed E-state index contributed by atoms with van der Waals surface area (Å²) >= 11 is 0. The molecule has 0 radical (unpaired) electrons. The van der Waals surface area contributed by atoms with Crippen LogP contribution in [0.4, 0.5) is 5.69 Å². The number of aromatic amines is 1. The second-order valence-electron chi connectivity index (χ2n) is 6.29. The Morgan fingerprint density at radius 3 is 2.71 bits per heavy atom. The number of imidazole rings is 1. The average Bonchev–Trinajstić information content (AvgIpc) is 3.04. The number of aryl methyl sites for hydroxylation is 2. The Morgan fingerprint density at radius 2 is 2.07 bits per heavy atom. The Balaban J connectivity index is 2.12. The van der Waals surface area contributed by atoms with E-state index in [1.54, 1.807) is 6.92 Å². The number of allylic oxidation sites excluding steroid dienone is 1. The first kappa shape index (κ1) is 18.9. The highest BCUT2D eigenvalue weighted by Gasteiger charge is 2.20. The molecule has 0 unspecified atom stereocenters. The Morgan fingerprint density at radius 1 is 1.36 bits per heavy atom. The highest BCUT2D eigenvalue weighted by molar-refractivity contribution is 5.91. The Kier molecular flexibility index (Phi) is 5.00. The number of aromatic hydroxyl groups is 1. The van der Waals surface area contributed by atoms with E-state index in [2.05, 4.69) is 16.0 Å². The fourth-order valence-electron chi connectivity index (χ4n) is 2.82. The molecular weight excluding hydrogens is 360 g/mol. The summed E-state index contributed by atoms with van der Waals surface area (Å²) < 4.78 is 5.27. The zero-order chi connectivity index (χ0) is 20.4. The lowest BCUT2D eigenvalue weighted by Gasteiger charge is -2.07. The van der Waals surface area contributed by atoms with Crippen molar-refractivity contribution in [3.05, 3.63) is 56.9 Å². The molecule has 0 aliphatic rings. The molecule has 0 saturated carbocycles. The fraction of sp³-hybridized carbons (Fsp3) is 0.200. The van der Waals surface area contributed by atoms with Gasteiger partial charge >= 0.3 is 5.69 Å². The van der Waals surface area contributed by atoms with E-state index in [1.807, 2.05) is 26.0 Å². The summed E-state index contributed by atoms with van der Waals surface area (Å²) in [5.74, 6) is -0.204. The van der Waals surface area contributed by atoms with E-state index in [4.69, 9.17) is 4.74 Å². The second-order valence-corrected chi connectivity index (χ2v) is 6.29. The predicted molar refractivity (Wildman–Crippen MR) is 105 cm³/mol. The number of aromatic nitrogens is 2. The number of rotatable bonds is 5. The highest BCUT2D eigenvalue weighted by Crippen LogP contribution is 2.38. The van der Waals surface area contributed by atoms with E-state index >= 15 is 0 Å². The van der Waals surface area contributed by atoms with Crippen LogP contribution in [0.5, 0.6) is 11.5 Å². The zero-order valence-electron chi connectivity index (χ0n) is 15.6. The fourth-order valence-corrected chi connectivity index (χ4v) is 2.82. The van der Waals surface area contributed by atoms with Crippen molar-refractivity contribution in [3.63, 3.8) is 0 Å². The van der Waals surface area contributed by atoms with Gasteiger partial charge in [0.25, 0.3) is 0 Å². The van der Waals surface area contributed by atoms with Gasteiger partial charge in [-0.25, -0.2) is 4.98 Å². The molecule has 2 N–H and O–H groups in total. The van der Waals surface area contributed by atoms with E-state index in [9.17, 15) is 20.5 Å². The summed E-state index contributed by atoms with van der Waals surface area (Å²) in [5, 5.41) is 30.8. The topological polar surface area (TPSA) is 125 Å². The lowest BCUT2D eigenvalue weighted by atomic mass is 10.1. The number of hydrogen-bond donors (Lipinski definition) is 2. The number of nitrogens with one attached hydrogen (secondary N) is 1. The minimum Gasteiger partial charge on any atom is -0.500 e. The van der Waals surface area contributed by atoms with Crippen LogP contribution in [-0.2, 0) is 0 Å². The van der Waals surface area contributed by atoms with Crippen LogP contribution in [0.3, 0.4) is 0 Å². The van der Waals surface area contributed by atoms with Crippen molar-refractivity contribution in [2.45, 2.75) is 20.8 Å². The van der Waals surface area contributed by atoms with Crippen LogP contribution in [0.15, 0.2) is 24.3 Å². The van der Waals surface area contributed by atoms with Crippen LogP contribution >= 0.6 is 0 Å². The Bertz CT molecular complexity index is 1120. The van der Waals surface area contributed by atoms with Crippen molar-refractivity contribution in [2.24, 2.45) is 0 Å². The lowest BCUT2D eigenvalue weighted by Crippen LogP contribution is -1.96. The van der Waals surface area contributed by atoms with Crippen LogP contribution in [0.1, 0.15) is 29.4 Å². The molecule has 8 nitrogen and oxygen atoms in total. The van der Waals surface area contributed by atoms with Crippen LogP contribution in [0.2, 0.25) is 0 Å². The Hall–Kier alpha value is -3.86. The first-order chi connectivity index (χ1) is 13.3. The van der Waals surface area contributed by atoms with Gasteiger partial charge in [0.05, 0.1) is 28.1 Å². The van der Waals surface area contributed by atoms with Crippen LogP contribution in [-0.4, -0.2) is 26.6 Å². The van der Waals surface area contributed by atoms with Gasteiger partial charge in [0.15, 0.2) is 5.75 Å². The molecule has 0 spiro atoms. The number of hydrogen-bond acceptors (Lipinski definition) is 6. The van der Waals surface area contributed by atoms with Gasteiger partial charge in [-0.05, 0) is 61.7 Å². The number of ether oxygens (including phenoxy) is 1. The van der Waals surface area contributed by atoms with Crippen LogP contribution in [0, 0.1) is 35.3 Å². The van der Waals surface area contributed by atoms with Gasteiger partial charge in [0.1, 0.15) is 11.9 Å². The number of fused-ring (bicyclic) bond motifs is 1. The van der Waals surface area contributed by atoms with Crippen molar-refractivity contribution in [2.75, 3.05) is 6.61 Å². The molecular formula is C20H18N4O4. The summed E-state index contributed by atoms with van der Waals surface area (Å²) in [4.78, 5) is 18.1. The van der Waals surface area contributed by atoms with Crippen molar-refractivity contribution < 1.29 is 14.8 Å². The molecule has 142 valence electrons. The zero-order valence-corrected chi connectivity index (χ0v) is 15.6. The minimum atomic E-state index is -0.700. The third kappa shape index (κ3) is 3.50. The summed E-state index contributed by atoms with van der Waals surface area (Å²) in [5.41, 5.74) is 3.76. The molecule has 1 aromatic heterocycles. The summed E-state index contributed by atoms with van der Waals surface area (Å²) in [6.07, 6.45) is 1.46. The lowest BCUT2D eigenvalue weighted by molar-refractivity contribution is -0.386. The number of nitro groups is 1. The molecule has 0 aliphatic carbocycles. The van der Waals surface area contributed by atoms with Crippen LogP contribution < -0.4 is 4.74 Å². The normalized spacial score (nSPS) is 11.4. The standard InChI is InChI=1S/C20H18N4O4/c1-4-28-18-9-13(8-17(19(18)25)24(26)27)7-14(10-21)20-22-15-5-11(2)12(3)6-16(15)23-20/h5-9,25H,4H2,1-3H3,(H,22,23)/b14-7+. The molecule has 0 aliphatic heterocycles. The summed E-state index contributed by atoms with van der Waals surface area (Å²) in [6.45, 7) is 5.90. The summed E-state index contributed by atoms with van der Waals surface area (Å²) in [6, 6.07) is 8.58. The molecule has 0 saturated heterocycles. The Labute approximate surface area is 160 Å². The molecule has 28 heavy (non-hydrogen) atoms. The number of nitro benzene ring substituents is 1. The van der Waals surface area contributed by atoms with Crippen molar-refractivity contribution in [1.82, 2.24) is 9.97 Å². The molecule has 0 atom stereocenters. The number of nitriles is 1. The maximum Gasteiger partial charge on any atom is 0.315 e. The van der Waals surface area contributed by atoms with E-state index in [-0.39, 0.29) is 17.9 Å². The largest absolute Gasteiger partial charge is 0.500 e. The number of phenolic OH excluding ortho intramolecular Hbond substituents is 1. The molecule has 0 bridgehead atoms. The van der Waals surface area contributed by atoms with Gasteiger partial charge in [0.2, 0.25) is 5.75 Å². The molecule has 0 amide bonds. The minimum absolute atomic E-state index is 0.0175. The maximum atomic E-state index is 11.2.